The highest BCUT2D eigenvalue weighted by molar-refractivity contribution is 6.08. The summed E-state index contributed by atoms with van der Waals surface area (Å²) in [5.41, 5.74) is 0.754. The molecule has 0 unspecified atom stereocenters. The molecule has 0 spiro atoms. The molecular formula is C23H33N3O5. The van der Waals surface area contributed by atoms with Gasteiger partial charge in [-0.3, -0.25) is 19.3 Å². The quantitative estimate of drug-likeness (QED) is 0.436. The van der Waals surface area contributed by atoms with Gasteiger partial charge in [0.15, 0.2) is 6.61 Å². The third-order valence-corrected chi connectivity index (χ3v) is 5.59. The molecule has 1 aliphatic rings. The van der Waals surface area contributed by atoms with Crippen molar-refractivity contribution >= 4 is 29.5 Å². The number of carbonyl (C=O) groups is 4. The van der Waals surface area contributed by atoms with Crippen LogP contribution in [0.2, 0.25) is 0 Å². The fraction of sp³-hybridized carbons (Fsp3) is 0.565. The zero-order chi connectivity index (χ0) is 23.2. The summed E-state index contributed by atoms with van der Waals surface area (Å²) in [4.78, 5) is 49.8. The zero-order valence-corrected chi connectivity index (χ0v) is 19.0. The Morgan fingerprint density at radius 2 is 1.81 bits per heavy atom. The minimum Gasteiger partial charge on any atom is -0.454 e. The van der Waals surface area contributed by atoms with Gasteiger partial charge in [0, 0.05) is 5.69 Å². The van der Waals surface area contributed by atoms with Crippen molar-refractivity contribution in [2.45, 2.75) is 65.3 Å². The minimum absolute atomic E-state index is 0.380. The minimum atomic E-state index is -1.03. The number of benzene rings is 1. The summed E-state index contributed by atoms with van der Waals surface area (Å²) in [7, 11) is 0. The molecule has 1 fully saturated rings. The SMILES string of the molecule is CC[C@H](C)c1ccc(NC(=O)COC(=O)CN2C(=O)N[C@](C)(CCC(C)C)C2=O)cc1. The van der Waals surface area contributed by atoms with Crippen LogP contribution in [0, 0.1) is 5.92 Å². The van der Waals surface area contributed by atoms with Crippen LogP contribution in [-0.4, -0.2) is 47.4 Å². The third kappa shape index (κ3) is 6.54. The van der Waals surface area contributed by atoms with Crippen LogP contribution in [0.25, 0.3) is 0 Å². The van der Waals surface area contributed by atoms with Gasteiger partial charge in [0.2, 0.25) is 0 Å². The second-order valence-corrected chi connectivity index (χ2v) is 8.73. The molecule has 0 aliphatic carbocycles. The molecule has 0 aromatic heterocycles. The molecule has 1 aliphatic heterocycles. The van der Waals surface area contributed by atoms with Crippen LogP contribution >= 0.6 is 0 Å². The molecule has 170 valence electrons. The van der Waals surface area contributed by atoms with Crippen molar-refractivity contribution < 1.29 is 23.9 Å². The predicted octanol–water partition coefficient (Wildman–Crippen LogP) is 3.43. The molecule has 8 nitrogen and oxygen atoms in total. The second kappa shape index (κ2) is 10.4. The average Bonchev–Trinajstić information content (AvgIpc) is 2.94. The van der Waals surface area contributed by atoms with Gasteiger partial charge in [0.25, 0.3) is 11.8 Å². The zero-order valence-electron chi connectivity index (χ0n) is 19.0. The number of esters is 1. The van der Waals surface area contributed by atoms with E-state index in [1.165, 1.54) is 5.56 Å². The molecule has 0 radical (unpaired) electrons. The lowest BCUT2D eigenvalue weighted by molar-refractivity contribution is -0.150. The van der Waals surface area contributed by atoms with Crippen LogP contribution in [0.4, 0.5) is 10.5 Å². The van der Waals surface area contributed by atoms with E-state index in [0.717, 1.165) is 17.7 Å². The van der Waals surface area contributed by atoms with E-state index in [4.69, 9.17) is 4.74 Å². The number of hydrogen-bond donors (Lipinski definition) is 2. The normalized spacial score (nSPS) is 19.4. The number of urea groups is 1. The number of rotatable bonds is 10. The number of ether oxygens (including phenoxy) is 1. The molecule has 1 aromatic carbocycles. The van der Waals surface area contributed by atoms with Crippen molar-refractivity contribution in [3.8, 4) is 0 Å². The maximum absolute atomic E-state index is 12.6. The lowest BCUT2D eigenvalue weighted by atomic mass is 9.92. The Balaban J connectivity index is 1.82. The summed E-state index contributed by atoms with van der Waals surface area (Å²) in [6, 6.07) is 6.87. The summed E-state index contributed by atoms with van der Waals surface area (Å²) in [5.74, 6) is -0.961. The third-order valence-electron chi connectivity index (χ3n) is 5.59. The number of anilines is 1. The average molecular weight is 432 g/mol. The number of nitrogens with zero attached hydrogens (tertiary/aromatic N) is 1. The van der Waals surface area contributed by atoms with E-state index in [2.05, 4.69) is 24.5 Å². The molecule has 8 heteroatoms. The fourth-order valence-electron chi connectivity index (χ4n) is 3.29. The van der Waals surface area contributed by atoms with Gasteiger partial charge in [-0.15, -0.1) is 0 Å². The van der Waals surface area contributed by atoms with Crippen LogP contribution in [0.5, 0.6) is 0 Å². The first kappa shape index (κ1) is 24.4. The van der Waals surface area contributed by atoms with Gasteiger partial charge in [0.1, 0.15) is 12.1 Å². The summed E-state index contributed by atoms with van der Waals surface area (Å²) in [5, 5.41) is 5.31. The van der Waals surface area contributed by atoms with E-state index < -0.39 is 42.5 Å². The summed E-state index contributed by atoms with van der Waals surface area (Å²) < 4.78 is 4.96. The molecule has 2 atom stereocenters. The number of hydrogen-bond acceptors (Lipinski definition) is 5. The molecule has 31 heavy (non-hydrogen) atoms. The highest BCUT2D eigenvalue weighted by Crippen LogP contribution is 2.24. The Labute approximate surface area is 183 Å². The van der Waals surface area contributed by atoms with Crippen molar-refractivity contribution in [2.24, 2.45) is 5.92 Å². The number of imide groups is 1. The Kier molecular flexibility index (Phi) is 8.19. The van der Waals surface area contributed by atoms with Gasteiger partial charge in [-0.25, -0.2) is 4.79 Å². The van der Waals surface area contributed by atoms with Crippen LogP contribution in [0.1, 0.15) is 65.4 Å². The molecular weight excluding hydrogens is 398 g/mol. The fourth-order valence-corrected chi connectivity index (χ4v) is 3.29. The van der Waals surface area contributed by atoms with Gasteiger partial charge in [-0.05, 0) is 55.7 Å². The van der Waals surface area contributed by atoms with E-state index in [1.807, 2.05) is 26.0 Å². The molecule has 0 saturated carbocycles. The van der Waals surface area contributed by atoms with Crippen molar-refractivity contribution in [3.05, 3.63) is 29.8 Å². The topological polar surface area (TPSA) is 105 Å². The first-order chi connectivity index (χ1) is 14.6. The summed E-state index contributed by atoms with van der Waals surface area (Å²) in [6.07, 6.45) is 2.27. The number of carbonyl (C=O) groups excluding carboxylic acids is 4. The predicted molar refractivity (Wildman–Crippen MR) is 117 cm³/mol. The maximum Gasteiger partial charge on any atom is 0.326 e. The van der Waals surface area contributed by atoms with Crippen molar-refractivity contribution in [1.29, 1.82) is 0 Å². The molecule has 0 bridgehead atoms. The Morgan fingerprint density at radius 1 is 1.16 bits per heavy atom. The highest BCUT2D eigenvalue weighted by atomic mass is 16.5. The van der Waals surface area contributed by atoms with Gasteiger partial charge < -0.3 is 15.4 Å². The number of amides is 4. The van der Waals surface area contributed by atoms with Crippen LogP contribution in [-0.2, 0) is 19.1 Å². The van der Waals surface area contributed by atoms with Crippen LogP contribution in [0.15, 0.2) is 24.3 Å². The summed E-state index contributed by atoms with van der Waals surface area (Å²) in [6.45, 7) is 8.93. The van der Waals surface area contributed by atoms with E-state index in [0.29, 0.717) is 23.9 Å². The van der Waals surface area contributed by atoms with Crippen LogP contribution < -0.4 is 10.6 Å². The van der Waals surface area contributed by atoms with E-state index >= 15 is 0 Å². The van der Waals surface area contributed by atoms with E-state index in [-0.39, 0.29) is 0 Å². The smallest absolute Gasteiger partial charge is 0.326 e. The molecule has 2 N–H and O–H groups in total. The van der Waals surface area contributed by atoms with Gasteiger partial charge >= 0.3 is 12.0 Å². The molecule has 1 saturated heterocycles. The molecule has 1 aromatic rings. The van der Waals surface area contributed by atoms with Crippen LogP contribution in [0.3, 0.4) is 0 Å². The lowest BCUT2D eigenvalue weighted by Crippen LogP contribution is -2.44. The Morgan fingerprint density at radius 3 is 2.39 bits per heavy atom. The molecule has 1 heterocycles. The van der Waals surface area contributed by atoms with Gasteiger partial charge in [-0.2, -0.15) is 0 Å². The van der Waals surface area contributed by atoms with Crippen molar-refractivity contribution in [1.82, 2.24) is 10.2 Å². The van der Waals surface area contributed by atoms with Crippen molar-refractivity contribution in [3.63, 3.8) is 0 Å². The van der Waals surface area contributed by atoms with Gasteiger partial charge in [-0.1, -0.05) is 39.8 Å². The first-order valence-electron chi connectivity index (χ1n) is 10.7. The maximum atomic E-state index is 12.6. The monoisotopic (exact) mass is 431 g/mol. The Hall–Kier alpha value is -2.90. The largest absolute Gasteiger partial charge is 0.454 e. The Bertz CT molecular complexity index is 821. The standard InChI is InChI=1S/C23H33N3O5/c1-6-16(4)17-7-9-18(10-8-17)24-19(27)14-31-20(28)13-26-21(29)23(5,25-22(26)30)12-11-15(2)3/h7-10,15-16H,6,11-14H2,1-5H3,(H,24,27)(H,25,30)/t16-,23+/m0/s1. The first-order valence-corrected chi connectivity index (χ1v) is 10.7. The summed E-state index contributed by atoms with van der Waals surface area (Å²) >= 11 is 0. The molecule has 4 amide bonds. The molecule has 2 rings (SSSR count). The van der Waals surface area contributed by atoms with E-state index in [9.17, 15) is 19.2 Å². The second-order valence-electron chi connectivity index (χ2n) is 8.73. The van der Waals surface area contributed by atoms with E-state index in [1.54, 1.807) is 19.1 Å². The van der Waals surface area contributed by atoms with Gasteiger partial charge in [0.05, 0.1) is 0 Å². The number of nitrogens with one attached hydrogen (secondary N) is 2. The highest BCUT2D eigenvalue weighted by Gasteiger charge is 2.48. The lowest BCUT2D eigenvalue weighted by Gasteiger charge is -2.22. The van der Waals surface area contributed by atoms with Crippen molar-refractivity contribution in [2.75, 3.05) is 18.5 Å².